The van der Waals surface area contributed by atoms with E-state index in [1.807, 2.05) is 0 Å². The zero-order chi connectivity index (χ0) is 8.97. The van der Waals surface area contributed by atoms with Crippen molar-refractivity contribution < 1.29 is 0 Å². The Morgan fingerprint density at radius 3 is 2.25 bits per heavy atom. The Labute approximate surface area is 76.7 Å². The van der Waals surface area contributed by atoms with Gasteiger partial charge in [0.2, 0.25) is 0 Å². The van der Waals surface area contributed by atoms with Gasteiger partial charge < -0.3 is 5.73 Å². The maximum atomic E-state index is 6.13. The number of hydrogen-bond acceptors (Lipinski definition) is 1. The fourth-order valence-corrected chi connectivity index (χ4v) is 2.67. The summed E-state index contributed by atoms with van der Waals surface area (Å²) in [5.41, 5.74) is 6.13. The van der Waals surface area contributed by atoms with Gasteiger partial charge in [0.25, 0.3) is 0 Å². The Morgan fingerprint density at radius 1 is 1.17 bits per heavy atom. The molecule has 1 rings (SSSR count). The summed E-state index contributed by atoms with van der Waals surface area (Å²) >= 11 is 0. The van der Waals surface area contributed by atoms with Gasteiger partial charge in [0.05, 0.1) is 0 Å². The molecule has 0 amide bonds. The summed E-state index contributed by atoms with van der Waals surface area (Å²) in [4.78, 5) is 0. The molecule has 1 nitrogen and oxygen atoms in total. The average molecular weight is 169 g/mol. The van der Waals surface area contributed by atoms with Crippen molar-refractivity contribution in [3.8, 4) is 0 Å². The zero-order valence-corrected chi connectivity index (χ0v) is 8.55. The second-order valence-corrected chi connectivity index (χ2v) is 4.19. The van der Waals surface area contributed by atoms with E-state index in [1.165, 1.54) is 38.5 Å². The first-order chi connectivity index (χ1) is 5.79. The van der Waals surface area contributed by atoms with Gasteiger partial charge in [-0.3, -0.25) is 0 Å². The highest BCUT2D eigenvalue weighted by Gasteiger charge is 2.26. The molecule has 0 aromatic heterocycles. The molecule has 0 aromatic rings. The van der Waals surface area contributed by atoms with Crippen molar-refractivity contribution in [1.82, 2.24) is 0 Å². The van der Waals surface area contributed by atoms with Crippen LogP contribution in [0.3, 0.4) is 0 Å². The first-order valence-corrected chi connectivity index (χ1v) is 5.55. The van der Waals surface area contributed by atoms with Crippen molar-refractivity contribution in [2.24, 2.45) is 17.6 Å². The largest absolute Gasteiger partial charge is 0.327 e. The minimum Gasteiger partial charge on any atom is -0.327 e. The molecule has 0 aromatic carbocycles. The Bertz CT molecular complexity index is 118. The van der Waals surface area contributed by atoms with Crippen LogP contribution in [0.2, 0.25) is 0 Å². The van der Waals surface area contributed by atoms with E-state index < -0.39 is 0 Å². The lowest BCUT2D eigenvalue weighted by Gasteiger charge is -2.34. The summed E-state index contributed by atoms with van der Waals surface area (Å²) in [6, 6.07) is 0.503. The van der Waals surface area contributed by atoms with E-state index in [-0.39, 0.29) is 0 Å². The summed E-state index contributed by atoms with van der Waals surface area (Å²) in [5.74, 6) is 1.72. The van der Waals surface area contributed by atoms with E-state index in [0.29, 0.717) is 6.04 Å². The van der Waals surface area contributed by atoms with Crippen LogP contribution in [0.1, 0.15) is 52.4 Å². The lowest BCUT2D eigenvalue weighted by atomic mass is 9.75. The van der Waals surface area contributed by atoms with Gasteiger partial charge in [-0.25, -0.2) is 0 Å². The summed E-state index contributed by atoms with van der Waals surface area (Å²) in [5, 5.41) is 0. The predicted octanol–water partition coefficient (Wildman–Crippen LogP) is 2.94. The molecular weight excluding hydrogens is 146 g/mol. The summed E-state index contributed by atoms with van der Waals surface area (Å²) in [6.07, 6.45) is 8.05. The second kappa shape index (κ2) is 4.86. The molecule has 0 spiro atoms. The van der Waals surface area contributed by atoms with Crippen molar-refractivity contribution in [1.29, 1.82) is 0 Å². The third-order valence-electron chi connectivity index (χ3n) is 3.53. The van der Waals surface area contributed by atoms with Gasteiger partial charge >= 0.3 is 0 Å². The van der Waals surface area contributed by atoms with Crippen molar-refractivity contribution in [3.63, 3.8) is 0 Å². The molecule has 0 radical (unpaired) electrons. The first-order valence-electron chi connectivity index (χ1n) is 5.55. The highest BCUT2D eigenvalue weighted by Crippen LogP contribution is 2.32. The van der Waals surface area contributed by atoms with Crippen molar-refractivity contribution in [2.75, 3.05) is 0 Å². The SMILES string of the molecule is CCC(CC)[C@@H]1CCCC[C@@H]1N. The van der Waals surface area contributed by atoms with Gasteiger partial charge in [-0.1, -0.05) is 39.5 Å². The molecule has 1 aliphatic carbocycles. The van der Waals surface area contributed by atoms with Gasteiger partial charge in [-0.2, -0.15) is 0 Å². The molecule has 0 bridgehead atoms. The topological polar surface area (TPSA) is 26.0 Å². The minimum atomic E-state index is 0.503. The maximum absolute atomic E-state index is 6.13. The third kappa shape index (κ3) is 2.22. The molecule has 72 valence electrons. The molecule has 0 aliphatic heterocycles. The van der Waals surface area contributed by atoms with Crippen molar-refractivity contribution in [3.05, 3.63) is 0 Å². The van der Waals surface area contributed by atoms with Crippen molar-refractivity contribution >= 4 is 0 Å². The lowest BCUT2D eigenvalue weighted by molar-refractivity contribution is 0.204. The Hall–Kier alpha value is -0.0400. The van der Waals surface area contributed by atoms with E-state index in [0.717, 1.165) is 11.8 Å². The standard InChI is InChI=1S/C11H23N/c1-3-9(4-2)10-7-5-6-8-11(10)12/h9-11H,3-8,12H2,1-2H3/t10-,11-/m0/s1. The molecule has 2 N–H and O–H groups in total. The van der Waals surface area contributed by atoms with Crippen LogP contribution >= 0.6 is 0 Å². The molecule has 0 saturated heterocycles. The molecule has 0 unspecified atom stereocenters. The summed E-state index contributed by atoms with van der Waals surface area (Å²) < 4.78 is 0. The second-order valence-electron chi connectivity index (χ2n) is 4.19. The third-order valence-corrected chi connectivity index (χ3v) is 3.53. The van der Waals surface area contributed by atoms with Crippen LogP contribution in [-0.4, -0.2) is 6.04 Å². The fourth-order valence-electron chi connectivity index (χ4n) is 2.67. The molecule has 12 heavy (non-hydrogen) atoms. The van der Waals surface area contributed by atoms with E-state index in [9.17, 15) is 0 Å². The van der Waals surface area contributed by atoms with Crippen LogP contribution in [0.5, 0.6) is 0 Å². The van der Waals surface area contributed by atoms with Crippen LogP contribution in [0.4, 0.5) is 0 Å². The minimum absolute atomic E-state index is 0.503. The predicted molar refractivity (Wildman–Crippen MR) is 54.0 cm³/mol. The summed E-state index contributed by atoms with van der Waals surface area (Å²) in [6.45, 7) is 4.60. The van der Waals surface area contributed by atoms with Crippen LogP contribution in [0.15, 0.2) is 0 Å². The van der Waals surface area contributed by atoms with E-state index >= 15 is 0 Å². The van der Waals surface area contributed by atoms with Crippen LogP contribution in [0.25, 0.3) is 0 Å². The number of hydrogen-bond donors (Lipinski definition) is 1. The molecule has 1 fully saturated rings. The Morgan fingerprint density at radius 2 is 1.75 bits per heavy atom. The smallest absolute Gasteiger partial charge is 0.00698 e. The van der Waals surface area contributed by atoms with Gasteiger partial charge in [0.15, 0.2) is 0 Å². The highest BCUT2D eigenvalue weighted by molar-refractivity contribution is 4.82. The molecule has 1 saturated carbocycles. The van der Waals surface area contributed by atoms with Crippen LogP contribution in [0, 0.1) is 11.8 Å². The van der Waals surface area contributed by atoms with E-state index in [4.69, 9.17) is 5.73 Å². The maximum Gasteiger partial charge on any atom is 0.00698 e. The van der Waals surface area contributed by atoms with Crippen molar-refractivity contribution in [2.45, 2.75) is 58.4 Å². The Balaban J connectivity index is 2.45. The number of rotatable bonds is 3. The molecule has 2 atom stereocenters. The highest BCUT2D eigenvalue weighted by atomic mass is 14.7. The normalized spacial score (nSPS) is 31.0. The summed E-state index contributed by atoms with van der Waals surface area (Å²) in [7, 11) is 0. The molecule has 1 aliphatic rings. The first kappa shape index (κ1) is 10.0. The quantitative estimate of drug-likeness (QED) is 0.690. The van der Waals surface area contributed by atoms with Gasteiger partial charge in [-0.05, 0) is 24.7 Å². The van der Waals surface area contributed by atoms with E-state index in [1.54, 1.807) is 0 Å². The molecule has 1 heteroatoms. The molecule has 0 heterocycles. The van der Waals surface area contributed by atoms with Gasteiger partial charge in [0.1, 0.15) is 0 Å². The van der Waals surface area contributed by atoms with Gasteiger partial charge in [-0.15, -0.1) is 0 Å². The van der Waals surface area contributed by atoms with Crippen LogP contribution < -0.4 is 5.73 Å². The van der Waals surface area contributed by atoms with Crippen LogP contribution in [-0.2, 0) is 0 Å². The monoisotopic (exact) mass is 169 g/mol. The molecular formula is C11H23N. The van der Waals surface area contributed by atoms with Gasteiger partial charge in [0, 0.05) is 6.04 Å². The fraction of sp³-hybridized carbons (Fsp3) is 1.00. The average Bonchev–Trinajstić information content (AvgIpc) is 2.10. The Kier molecular flexibility index (Phi) is 4.07. The lowest BCUT2D eigenvalue weighted by Crippen LogP contribution is -2.37. The van der Waals surface area contributed by atoms with E-state index in [2.05, 4.69) is 13.8 Å². The number of nitrogens with two attached hydrogens (primary N) is 1. The zero-order valence-electron chi connectivity index (χ0n) is 8.55.